The molecule has 2 aliphatic heterocycles. The smallest absolute Gasteiger partial charge is 0.231 e. The highest BCUT2D eigenvalue weighted by atomic mass is 16.7. The van der Waals surface area contributed by atoms with Crippen LogP contribution < -0.4 is 9.47 Å². The topological polar surface area (TPSA) is 86.9 Å². The van der Waals surface area contributed by atoms with Gasteiger partial charge in [0.2, 0.25) is 24.5 Å². The minimum atomic E-state index is 0.0691. The maximum Gasteiger partial charge on any atom is 0.231 e. The van der Waals surface area contributed by atoms with Crippen molar-refractivity contribution in [1.29, 1.82) is 0 Å². The second kappa shape index (κ2) is 10.0. The molecular weight excluding hydrogens is 422 g/mol. The lowest BCUT2D eigenvalue weighted by Crippen LogP contribution is -2.43. The van der Waals surface area contributed by atoms with E-state index in [9.17, 15) is 4.79 Å². The maximum absolute atomic E-state index is 12.8. The molecule has 0 radical (unpaired) electrons. The third kappa shape index (κ3) is 5.51. The van der Waals surface area contributed by atoms with E-state index in [2.05, 4.69) is 22.3 Å². The fraction of sp³-hybridized carbons (Fsp3) is 0.400. The second-order valence-electron chi connectivity index (χ2n) is 8.35. The predicted molar refractivity (Wildman–Crippen MR) is 119 cm³/mol. The van der Waals surface area contributed by atoms with E-state index in [1.54, 1.807) is 0 Å². The Hall–Kier alpha value is -3.39. The number of hydrogen-bond donors (Lipinski definition) is 0. The van der Waals surface area contributed by atoms with Crippen LogP contribution in [0.4, 0.5) is 0 Å². The highest BCUT2D eigenvalue weighted by Crippen LogP contribution is 2.33. The molecule has 8 nitrogen and oxygen atoms in total. The zero-order valence-corrected chi connectivity index (χ0v) is 18.4. The number of carbonyl (C=O) groups is 1. The Morgan fingerprint density at radius 3 is 2.79 bits per heavy atom. The van der Waals surface area contributed by atoms with Gasteiger partial charge in [-0.25, -0.2) is 0 Å². The molecule has 0 saturated carbocycles. The van der Waals surface area contributed by atoms with Gasteiger partial charge in [-0.2, -0.15) is 0 Å². The molecular formula is C25H27N3O5. The van der Waals surface area contributed by atoms with E-state index < -0.39 is 0 Å². The minimum Gasteiger partial charge on any atom is -0.454 e. The second-order valence-corrected chi connectivity index (χ2v) is 8.35. The standard InChI is InChI=1S/C25H27N3O5/c29-25(28-12-4-7-20(15-28)30-16-18-5-2-1-3-6-18)11-10-23-26-27-24(33-23)14-19-8-9-21-22(13-19)32-17-31-21/h1-3,5-6,8-9,13,20H,4,7,10-12,14-17H2/t20-/m1/s1. The molecule has 1 saturated heterocycles. The molecule has 0 bridgehead atoms. The first-order valence-electron chi connectivity index (χ1n) is 11.4. The molecule has 1 amide bonds. The van der Waals surface area contributed by atoms with Gasteiger partial charge < -0.3 is 23.5 Å². The summed E-state index contributed by atoms with van der Waals surface area (Å²) in [5.74, 6) is 2.56. The third-order valence-electron chi connectivity index (χ3n) is 5.91. The quantitative estimate of drug-likeness (QED) is 0.520. The van der Waals surface area contributed by atoms with Gasteiger partial charge in [0.05, 0.1) is 19.1 Å². The highest BCUT2D eigenvalue weighted by molar-refractivity contribution is 5.76. The van der Waals surface area contributed by atoms with Gasteiger partial charge in [-0.05, 0) is 36.1 Å². The normalized spacial score (nSPS) is 17.3. The third-order valence-corrected chi connectivity index (χ3v) is 5.91. The van der Waals surface area contributed by atoms with E-state index in [4.69, 9.17) is 18.6 Å². The monoisotopic (exact) mass is 449 g/mol. The van der Waals surface area contributed by atoms with Gasteiger partial charge in [-0.3, -0.25) is 4.79 Å². The number of piperidine rings is 1. The molecule has 2 aliphatic rings. The summed E-state index contributed by atoms with van der Waals surface area (Å²) in [4.78, 5) is 14.6. The van der Waals surface area contributed by atoms with Crippen LogP contribution in [0.1, 0.15) is 42.2 Å². The first-order chi connectivity index (χ1) is 16.2. The number of rotatable bonds is 8. The first kappa shape index (κ1) is 21.5. The number of benzene rings is 2. The zero-order chi connectivity index (χ0) is 22.5. The largest absolute Gasteiger partial charge is 0.454 e. The van der Waals surface area contributed by atoms with Crippen molar-refractivity contribution in [2.75, 3.05) is 19.9 Å². The molecule has 8 heteroatoms. The molecule has 3 heterocycles. The summed E-state index contributed by atoms with van der Waals surface area (Å²) < 4.78 is 22.6. The zero-order valence-electron chi connectivity index (χ0n) is 18.4. The van der Waals surface area contributed by atoms with E-state index in [0.717, 1.165) is 42.0 Å². The van der Waals surface area contributed by atoms with Crippen molar-refractivity contribution in [3.8, 4) is 11.5 Å². The van der Waals surface area contributed by atoms with Gasteiger partial charge in [-0.1, -0.05) is 36.4 Å². The molecule has 0 spiro atoms. The van der Waals surface area contributed by atoms with E-state index in [1.807, 2.05) is 41.3 Å². The van der Waals surface area contributed by atoms with E-state index in [-0.39, 0.29) is 18.8 Å². The SMILES string of the molecule is O=C(CCc1nnc(Cc2ccc3c(c2)OCO3)o1)N1CCC[C@@H](OCc2ccccc2)C1. The lowest BCUT2D eigenvalue weighted by molar-refractivity contribution is -0.135. The van der Waals surface area contributed by atoms with E-state index in [1.165, 1.54) is 0 Å². The Balaban J connectivity index is 1.09. The summed E-state index contributed by atoms with van der Waals surface area (Å²) in [6.07, 6.45) is 3.27. The highest BCUT2D eigenvalue weighted by Gasteiger charge is 2.24. The van der Waals surface area contributed by atoms with Gasteiger partial charge in [0.1, 0.15) is 0 Å². The van der Waals surface area contributed by atoms with Gasteiger partial charge in [0.25, 0.3) is 0 Å². The van der Waals surface area contributed by atoms with Crippen LogP contribution in [0, 0.1) is 0 Å². The number of aryl methyl sites for hydroxylation is 1. The van der Waals surface area contributed by atoms with Crippen LogP contribution in [-0.4, -0.2) is 47.0 Å². The average Bonchev–Trinajstić information content (AvgIpc) is 3.51. The lowest BCUT2D eigenvalue weighted by atomic mass is 10.1. The first-order valence-corrected chi connectivity index (χ1v) is 11.4. The summed E-state index contributed by atoms with van der Waals surface area (Å²) in [7, 11) is 0. The predicted octanol–water partition coefficient (Wildman–Crippen LogP) is 3.53. The maximum atomic E-state index is 12.8. The fourth-order valence-electron chi connectivity index (χ4n) is 4.15. The molecule has 2 aromatic carbocycles. The Labute approximate surface area is 192 Å². The number of likely N-dealkylation sites (tertiary alicyclic amines) is 1. The Kier molecular flexibility index (Phi) is 6.53. The number of aromatic nitrogens is 2. The van der Waals surface area contributed by atoms with Crippen molar-refractivity contribution in [2.24, 2.45) is 0 Å². The molecule has 0 N–H and O–H groups in total. The van der Waals surface area contributed by atoms with Crippen LogP contribution >= 0.6 is 0 Å². The molecule has 1 fully saturated rings. The van der Waals surface area contributed by atoms with Gasteiger partial charge in [0.15, 0.2) is 11.5 Å². The van der Waals surface area contributed by atoms with Crippen molar-refractivity contribution in [2.45, 2.75) is 44.8 Å². The molecule has 1 atom stereocenters. The summed E-state index contributed by atoms with van der Waals surface area (Å²) in [6, 6.07) is 15.9. The van der Waals surface area contributed by atoms with Crippen LogP contribution in [0.5, 0.6) is 11.5 Å². The van der Waals surface area contributed by atoms with Crippen molar-refractivity contribution < 1.29 is 23.4 Å². The summed E-state index contributed by atoms with van der Waals surface area (Å²) in [5, 5.41) is 8.24. The Bertz CT molecular complexity index is 1080. The van der Waals surface area contributed by atoms with Gasteiger partial charge >= 0.3 is 0 Å². The number of amides is 1. The molecule has 0 unspecified atom stereocenters. The average molecular weight is 450 g/mol. The van der Waals surface area contributed by atoms with E-state index in [0.29, 0.717) is 44.2 Å². The number of ether oxygens (including phenoxy) is 3. The summed E-state index contributed by atoms with van der Waals surface area (Å²) in [6.45, 7) is 2.21. The number of hydrogen-bond acceptors (Lipinski definition) is 7. The lowest BCUT2D eigenvalue weighted by Gasteiger charge is -2.32. The van der Waals surface area contributed by atoms with Gasteiger partial charge in [-0.15, -0.1) is 10.2 Å². The van der Waals surface area contributed by atoms with Crippen LogP contribution in [0.25, 0.3) is 0 Å². The number of nitrogens with zero attached hydrogens (tertiary/aromatic N) is 3. The van der Waals surface area contributed by atoms with Crippen molar-refractivity contribution in [3.05, 3.63) is 71.4 Å². The van der Waals surface area contributed by atoms with E-state index >= 15 is 0 Å². The Morgan fingerprint density at radius 1 is 1.03 bits per heavy atom. The fourth-order valence-corrected chi connectivity index (χ4v) is 4.15. The summed E-state index contributed by atoms with van der Waals surface area (Å²) in [5.41, 5.74) is 2.15. The minimum absolute atomic E-state index is 0.0691. The Morgan fingerprint density at radius 2 is 1.88 bits per heavy atom. The van der Waals surface area contributed by atoms with Crippen LogP contribution in [0.2, 0.25) is 0 Å². The van der Waals surface area contributed by atoms with Crippen molar-refractivity contribution in [1.82, 2.24) is 15.1 Å². The van der Waals surface area contributed by atoms with Crippen molar-refractivity contribution >= 4 is 5.91 Å². The van der Waals surface area contributed by atoms with Crippen LogP contribution in [-0.2, 0) is 29.0 Å². The molecule has 5 rings (SSSR count). The van der Waals surface area contributed by atoms with Crippen LogP contribution in [0.3, 0.4) is 0 Å². The molecule has 1 aromatic heterocycles. The molecule has 33 heavy (non-hydrogen) atoms. The molecule has 3 aromatic rings. The number of carbonyl (C=O) groups excluding carboxylic acids is 1. The molecule has 0 aliphatic carbocycles. The van der Waals surface area contributed by atoms with Crippen molar-refractivity contribution in [3.63, 3.8) is 0 Å². The van der Waals surface area contributed by atoms with Gasteiger partial charge in [0, 0.05) is 25.9 Å². The molecule has 172 valence electrons. The van der Waals surface area contributed by atoms with Crippen LogP contribution in [0.15, 0.2) is 52.9 Å². The number of fused-ring (bicyclic) bond motifs is 1. The summed E-state index contributed by atoms with van der Waals surface area (Å²) >= 11 is 0.